The highest BCUT2D eigenvalue weighted by molar-refractivity contribution is 5.96. The maximum Gasteiger partial charge on any atom is 0.162 e. The summed E-state index contributed by atoms with van der Waals surface area (Å²) >= 11 is 0. The van der Waals surface area contributed by atoms with Gasteiger partial charge >= 0.3 is 0 Å². The molecule has 2 aliphatic rings. The second-order valence-electron chi connectivity index (χ2n) is 10.5. The first-order chi connectivity index (χ1) is 17.5. The number of fused-ring (bicyclic) bond motifs is 2. The van der Waals surface area contributed by atoms with Crippen LogP contribution in [0.15, 0.2) is 42.6 Å². The second-order valence-corrected chi connectivity index (χ2v) is 10.5. The quantitative estimate of drug-likeness (QED) is 0.401. The van der Waals surface area contributed by atoms with E-state index in [2.05, 4.69) is 85.1 Å². The maximum atomic E-state index is 5.69. The zero-order valence-corrected chi connectivity index (χ0v) is 21.8. The van der Waals surface area contributed by atoms with Crippen molar-refractivity contribution >= 4 is 22.4 Å². The van der Waals surface area contributed by atoms with Gasteiger partial charge in [-0.15, -0.1) is 0 Å². The van der Waals surface area contributed by atoms with Gasteiger partial charge in [-0.25, -0.2) is 9.97 Å². The lowest BCUT2D eigenvalue weighted by molar-refractivity contribution is 0.122. The smallest absolute Gasteiger partial charge is 0.162 e. The fourth-order valence-electron chi connectivity index (χ4n) is 5.63. The average molecular weight is 482 g/mol. The van der Waals surface area contributed by atoms with Gasteiger partial charge < -0.3 is 19.5 Å². The molecule has 2 aromatic carbocycles. The summed E-state index contributed by atoms with van der Waals surface area (Å²) in [5.41, 5.74) is 9.94. The van der Waals surface area contributed by atoms with Gasteiger partial charge in [-0.2, -0.15) is 0 Å². The Labute approximate surface area is 213 Å². The zero-order valence-electron chi connectivity index (χ0n) is 21.8. The average Bonchev–Trinajstić information content (AvgIpc) is 3.29. The van der Waals surface area contributed by atoms with Crippen LogP contribution in [0.2, 0.25) is 0 Å². The lowest BCUT2D eigenvalue weighted by atomic mass is 9.98. The number of hydrogen-bond acceptors (Lipinski definition) is 5. The molecule has 0 atom stereocenters. The van der Waals surface area contributed by atoms with Gasteiger partial charge in [-0.05, 0) is 48.6 Å². The molecule has 0 unspecified atom stereocenters. The van der Waals surface area contributed by atoms with Crippen LogP contribution < -0.4 is 9.80 Å². The van der Waals surface area contributed by atoms with E-state index >= 15 is 0 Å². The molecular weight excluding hydrogens is 446 g/mol. The predicted octanol–water partition coefficient (Wildman–Crippen LogP) is 5.76. The molecule has 36 heavy (non-hydrogen) atoms. The van der Waals surface area contributed by atoms with E-state index < -0.39 is 0 Å². The molecule has 0 amide bonds. The van der Waals surface area contributed by atoms with E-state index in [1.807, 2.05) is 0 Å². The van der Waals surface area contributed by atoms with Gasteiger partial charge in [-0.3, -0.25) is 0 Å². The Morgan fingerprint density at radius 1 is 0.944 bits per heavy atom. The van der Waals surface area contributed by atoms with Crippen LogP contribution in [0.25, 0.3) is 22.3 Å². The summed E-state index contributed by atoms with van der Waals surface area (Å²) in [7, 11) is 0. The standard InChI is InChI=1S/C30H35N5O/c1-19(2)22-9-8-20(3)27(16-22)35-11-10-25-24(18-35)30(34-12-14-36-15-13-34)33-29(32-25)23-6-5-7-26-28(23)21(4)17-31-26/h5-9,16-17,19,31H,10-15,18H2,1-4H3. The van der Waals surface area contributed by atoms with Crippen molar-refractivity contribution in [2.75, 3.05) is 42.6 Å². The van der Waals surface area contributed by atoms with Gasteiger partial charge in [-0.1, -0.05) is 38.1 Å². The van der Waals surface area contributed by atoms with Crippen molar-refractivity contribution < 1.29 is 4.74 Å². The Morgan fingerprint density at radius 2 is 1.78 bits per heavy atom. The highest BCUT2D eigenvalue weighted by Crippen LogP contribution is 2.36. The summed E-state index contributed by atoms with van der Waals surface area (Å²) in [6.07, 6.45) is 2.98. The molecule has 1 N–H and O–H groups in total. The lowest BCUT2D eigenvalue weighted by Crippen LogP contribution is -2.40. The Bertz CT molecular complexity index is 1420. The van der Waals surface area contributed by atoms with Crippen LogP contribution in [0.3, 0.4) is 0 Å². The molecule has 2 aromatic heterocycles. The third kappa shape index (κ3) is 4.03. The molecule has 0 saturated carbocycles. The van der Waals surface area contributed by atoms with Gasteiger partial charge in [0.15, 0.2) is 5.82 Å². The minimum atomic E-state index is 0.510. The molecule has 1 saturated heterocycles. The van der Waals surface area contributed by atoms with Gasteiger partial charge in [0.2, 0.25) is 0 Å². The number of ether oxygens (including phenoxy) is 1. The topological polar surface area (TPSA) is 57.3 Å². The van der Waals surface area contributed by atoms with Crippen molar-refractivity contribution in [1.82, 2.24) is 15.0 Å². The molecule has 6 nitrogen and oxygen atoms in total. The Morgan fingerprint density at radius 3 is 2.58 bits per heavy atom. The number of morpholine rings is 1. The van der Waals surface area contributed by atoms with Gasteiger partial charge in [0.1, 0.15) is 5.82 Å². The van der Waals surface area contributed by atoms with E-state index in [0.29, 0.717) is 5.92 Å². The van der Waals surface area contributed by atoms with Crippen molar-refractivity contribution in [3.63, 3.8) is 0 Å². The second kappa shape index (κ2) is 9.25. The fourth-order valence-corrected chi connectivity index (χ4v) is 5.63. The third-order valence-corrected chi connectivity index (χ3v) is 7.73. The highest BCUT2D eigenvalue weighted by Gasteiger charge is 2.28. The normalized spacial score (nSPS) is 16.1. The van der Waals surface area contributed by atoms with E-state index in [1.54, 1.807) is 0 Å². The summed E-state index contributed by atoms with van der Waals surface area (Å²) in [6, 6.07) is 13.3. The highest BCUT2D eigenvalue weighted by atomic mass is 16.5. The van der Waals surface area contributed by atoms with Crippen molar-refractivity contribution in [3.8, 4) is 11.4 Å². The molecule has 6 rings (SSSR count). The minimum absolute atomic E-state index is 0.510. The number of anilines is 2. The van der Waals surface area contributed by atoms with Gasteiger partial charge in [0.25, 0.3) is 0 Å². The molecule has 2 aliphatic heterocycles. The van der Waals surface area contributed by atoms with E-state index in [9.17, 15) is 0 Å². The largest absolute Gasteiger partial charge is 0.378 e. The zero-order chi connectivity index (χ0) is 24.8. The molecule has 0 bridgehead atoms. The summed E-state index contributed by atoms with van der Waals surface area (Å²) < 4.78 is 5.69. The monoisotopic (exact) mass is 481 g/mol. The number of nitrogens with one attached hydrogen (secondary N) is 1. The van der Waals surface area contributed by atoms with Crippen LogP contribution in [-0.2, 0) is 17.7 Å². The number of aromatic amines is 1. The molecule has 0 radical (unpaired) electrons. The van der Waals surface area contributed by atoms with Gasteiger partial charge in [0, 0.05) is 66.5 Å². The number of rotatable bonds is 4. The summed E-state index contributed by atoms with van der Waals surface area (Å²) in [4.78, 5) is 18.8. The molecule has 186 valence electrons. The number of benzene rings is 2. The van der Waals surface area contributed by atoms with Crippen LogP contribution in [0.1, 0.15) is 47.7 Å². The predicted molar refractivity (Wildman–Crippen MR) is 147 cm³/mol. The Balaban J connectivity index is 1.46. The summed E-state index contributed by atoms with van der Waals surface area (Å²) in [5.74, 6) is 2.41. The number of hydrogen-bond donors (Lipinski definition) is 1. The number of H-pyrrole nitrogens is 1. The molecule has 0 spiro atoms. The minimum Gasteiger partial charge on any atom is -0.378 e. The molecule has 1 fully saturated rings. The van der Waals surface area contributed by atoms with Gasteiger partial charge in [0.05, 0.1) is 18.9 Å². The molecule has 6 heteroatoms. The number of nitrogens with zero attached hydrogens (tertiary/aromatic N) is 4. The summed E-state index contributed by atoms with van der Waals surface area (Å²) in [5, 5.41) is 1.21. The van der Waals surface area contributed by atoms with E-state index in [0.717, 1.165) is 68.5 Å². The van der Waals surface area contributed by atoms with Crippen molar-refractivity contribution in [1.29, 1.82) is 0 Å². The van der Waals surface area contributed by atoms with Crippen LogP contribution in [0.5, 0.6) is 0 Å². The summed E-state index contributed by atoms with van der Waals surface area (Å²) in [6.45, 7) is 13.9. The Hall–Kier alpha value is -3.38. The van der Waals surface area contributed by atoms with Crippen LogP contribution in [0.4, 0.5) is 11.5 Å². The lowest BCUT2D eigenvalue weighted by Gasteiger charge is -2.36. The SMILES string of the molecule is Cc1ccc(C(C)C)cc1N1CCc2nc(-c3cccc4[nH]cc(C)c34)nc(N3CCOCC3)c2C1. The molecular formula is C30H35N5O. The first-order valence-electron chi connectivity index (χ1n) is 13.1. The van der Waals surface area contributed by atoms with Crippen LogP contribution in [0, 0.1) is 13.8 Å². The van der Waals surface area contributed by atoms with Crippen molar-refractivity contribution in [2.24, 2.45) is 0 Å². The maximum absolute atomic E-state index is 5.69. The Kier molecular flexibility index (Phi) is 5.92. The fraction of sp³-hybridized carbons (Fsp3) is 0.400. The first-order valence-corrected chi connectivity index (χ1v) is 13.1. The number of aryl methyl sites for hydroxylation is 2. The molecule has 4 aromatic rings. The van der Waals surface area contributed by atoms with Crippen LogP contribution in [-0.4, -0.2) is 47.8 Å². The van der Waals surface area contributed by atoms with Crippen molar-refractivity contribution in [3.05, 3.63) is 70.5 Å². The molecule has 4 heterocycles. The van der Waals surface area contributed by atoms with E-state index in [4.69, 9.17) is 14.7 Å². The first kappa shape index (κ1) is 23.0. The van der Waals surface area contributed by atoms with E-state index in [-0.39, 0.29) is 0 Å². The van der Waals surface area contributed by atoms with E-state index in [1.165, 1.54) is 39.0 Å². The van der Waals surface area contributed by atoms with Crippen LogP contribution >= 0.6 is 0 Å². The van der Waals surface area contributed by atoms with Crippen molar-refractivity contribution in [2.45, 2.75) is 46.6 Å². The molecule has 0 aliphatic carbocycles. The number of aromatic nitrogens is 3. The third-order valence-electron chi connectivity index (χ3n) is 7.73.